The molecule has 7 heteroatoms. The third-order valence-electron chi connectivity index (χ3n) is 2.83. The highest BCUT2D eigenvalue weighted by Gasteiger charge is 2.21. The van der Waals surface area contributed by atoms with E-state index in [1.807, 2.05) is 0 Å². The van der Waals surface area contributed by atoms with Gasteiger partial charge in [0.15, 0.2) is 0 Å². The maximum absolute atomic E-state index is 5.65. The lowest BCUT2D eigenvalue weighted by atomic mass is 10.2. The van der Waals surface area contributed by atoms with E-state index in [2.05, 4.69) is 34.7 Å². The van der Waals surface area contributed by atoms with Crippen LogP contribution < -0.4 is 0 Å². The first-order chi connectivity index (χ1) is 8.91. The number of hydrogen-bond acceptors (Lipinski definition) is 3. The Morgan fingerprint density at radius 1 is 0.739 bits per heavy atom. The summed E-state index contributed by atoms with van der Waals surface area (Å²) in [6.45, 7) is 1.05. The summed E-state index contributed by atoms with van der Waals surface area (Å²) in [5, 5.41) is 1.40. The quantitative estimate of drug-likeness (QED) is 0.518. The lowest BCUT2D eigenvalue weighted by molar-refractivity contribution is 0.299. The highest BCUT2D eigenvalue weighted by Crippen LogP contribution is 2.11. The van der Waals surface area contributed by atoms with Gasteiger partial charge in [-0.05, 0) is 6.42 Å². The van der Waals surface area contributed by atoms with E-state index in [-0.39, 0.29) is 29.7 Å². The fourth-order valence-corrected chi connectivity index (χ4v) is 10.6. The van der Waals surface area contributed by atoms with Crippen LogP contribution in [0.3, 0.4) is 0 Å². The van der Waals surface area contributed by atoms with E-state index in [1.165, 1.54) is 31.0 Å². The summed E-state index contributed by atoms with van der Waals surface area (Å²) >= 11 is -3.52. The summed E-state index contributed by atoms with van der Waals surface area (Å²) in [7, 11) is 0. The van der Waals surface area contributed by atoms with E-state index in [0.717, 1.165) is 6.61 Å². The molecule has 0 aromatic carbocycles. The van der Waals surface area contributed by atoms with Gasteiger partial charge in [-0.2, -0.15) is 0 Å². The van der Waals surface area contributed by atoms with Crippen molar-refractivity contribution in [1.29, 1.82) is 0 Å². The molecule has 0 unspecified atom stereocenters. The standard InChI is InChI=1S/C6H12O.4CH4.6CH3.4Al.2O/c1-2-3-4-5-6-7;;;;;;;;;;;;;;;;/h1-6H2;4*1H4;6*1H3;;;;;;/q-1;;;;;;;;;;;;;;+1;;. The second kappa shape index (κ2) is 24.0. The van der Waals surface area contributed by atoms with Crippen LogP contribution in [0.5, 0.6) is 0 Å². The first-order valence-corrected chi connectivity index (χ1v) is 17.9. The van der Waals surface area contributed by atoms with Crippen molar-refractivity contribution in [1.82, 2.24) is 0 Å². The van der Waals surface area contributed by atoms with Gasteiger partial charge in [0.2, 0.25) is 0 Å². The van der Waals surface area contributed by atoms with E-state index in [1.54, 1.807) is 0 Å². The van der Waals surface area contributed by atoms with Crippen LogP contribution in [0.15, 0.2) is 0 Å². The fourth-order valence-electron chi connectivity index (χ4n) is 2.05. The zero-order chi connectivity index (χ0) is 14.7. The van der Waals surface area contributed by atoms with Crippen LogP contribution in [0.2, 0.25) is 40.0 Å². The fraction of sp³-hybridized carbons (Fsp3) is 1.00. The van der Waals surface area contributed by atoms with Gasteiger partial charge in [0, 0.05) is 6.61 Å². The molecular weight excluding hydrogens is 348 g/mol. The predicted octanol–water partition coefficient (Wildman–Crippen LogP) is 6.38. The first kappa shape index (κ1) is 36.0. The highest BCUT2D eigenvalue weighted by atomic mass is 27.3. The van der Waals surface area contributed by atoms with Crippen molar-refractivity contribution >= 4 is 58.3 Å². The number of rotatable bonds is 4. The van der Waals surface area contributed by atoms with Crippen LogP contribution >= 0.6 is 0 Å². The van der Waals surface area contributed by atoms with Gasteiger partial charge in [0.1, 0.15) is 0 Å². The molecule has 1 rings (SSSR count). The minimum atomic E-state index is -1.19. The minimum Gasteiger partial charge on any atom is -0.616 e. The Labute approximate surface area is 168 Å². The first-order valence-electron chi connectivity index (χ1n) is 7.84. The topological polar surface area (TPSA) is 27.7 Å². The Hall–Kier alpha value is 2.01. The Morgan fingerprint density at radius 3 is 1.61 bits per heavy atom. The Morgan fingerprint density at radius 2 is 1.17 bits per heavy atom. The summed E-state index contributed by atoms with van der Waals surface area (Å²) < 4.78 is 16.9. The zero-order valence-electron chi connectivity index (χ0n) is 13.8. The molecule has 0 aliphatic carbocycles. The second-order valence-electron chi connectivity index (χ2n) is 5.82. The summed E-state index contributed by atoms with van der Waals surface area (Å²) in [6, 6.07) is 0. The van der Waals surface area contributed by atoms with Crippen LogP contribution in [0.25, 0.3) is 0 Å². The highest BCUT2D eigenvalue weighted by molar-refractivity contribution is 6.66. The normalized spacial score (nSPS) is 13.0. The maximum atomic E-state index is 5.65. The van der Waals surface area contributed by atoms with Crippen LogP contribution in [-0.4, -0.2) is 64.9 Å². The van der Waals surface area contributed by atoms with E-state index in [0.29, 0.717) is 0 Å². The van der Waals surface area contributed by atoms with Crippen molar-refractivity contribution in [2.45, 2.75) is 95.4 Å². The Kier molecular flexibility index (Phi) is 37.6. The minimum absolute atomic E-state index is 0. The van der Waals surface area contributed by atoms with Crippen molar-refractivity contribution in [3.8, 4) is 0 Å². The molecule has 0 spiro atoms. The lowest BCUT2D eigenvalue weighted by Crippen LogP contribution is -2.29. The second-order valence-corrected chi connectivity index (χ2v) is 15.9. The molecule has 1 saturated heterocycles. The van der Waals surface area contributed by atoms with Crippen molar-refractivity contribution < 1.29 is 9.47 Å². The van der Waals surface area contributed by atoms with Crippen LogP contribution in [0, 0.1) is 0 Å². The summed E-state index contributed by atoms with van der Waals surface area (Å²) in [4.78, 5) is 0. The SMILES string of the molecule is C.C.C.C.[CH3][Al]([CH3])[O][Al]([CH3])[O][Al]([CH3])[CH3].[CH3][Al]1[CH2]CCCCC[O]1. The van der Waals surface area contributed by atoms with Gasteiger partial charge in [-0.15, -0.1) is 0 Å². The van der Waals surface area contributed by atoms with Crippen molar-refractivity contribution in [3.05, 3.63) is 0 Å². The third-order valence-corrected chi connectivity index (χ3v) is 12.3. The van der Waals surface area contributed by atoms with Crippen molar-refractivity contribution in [2.24, 2.45) is 0 Å². The molecule has 0 atom stereocenters. The van der Waals surface area contributed by atoms with Crippen LogP contribution in [-0.2, 0) is 9.47 Å². The maximum Gasteiger partial charge on any atom is 0.609 e. The van der Waals surface area contributed by atoms with Gasteiger partial charge >= 0.3 is 58.3 Å². The lowest BCUT2D eigenvalue weighted by Gasteiger charge is -2.13. The number of hydrogen-bond donors (Lipinski definition) is 0. The Balaban J connectivity index is -0.0000000801. The third kappa shape index (κ3) is 29.0. The largest absolute Gasteiger partial charge is 0.616 e. The molecule has 0 N–H and O–H groups in total. The van der Waals surface area contributed by atoms with Crippen LogP contribution in [0.1, 0.15) is 55.4 Å². The monoisotopic (exact) mass is 394 g/mol. The van der Waals surface area contributed by atoms with E-state index >= 15 is 0 Å². The predicted molar refractivity (Wildman–Crippen MR) is 117 cm³/mol. The van der Waals surface area contributed by atoms with E-state index in [9.17, 15) is 0 Å². The zero-order valence-corrected chi connectivity index (χ0v) is 18.4. The molecule has 0 bridgehead atoms. The molecular formula is C16H46Al4O3. The summed E-state index contributed by atoms with van der Waals surface area (Å²) in [5.41, 5.74) is 0. The molecule has 140 valence electrons. The summed E-state index contributed by atoms with van der Waals surface area (Å²) in [5.74, 6) is 13.2. The molecule has 1 heterocycles. The molecule has 0 radical (unpaired) electrons. The molecule has 3 nitrogen and oxygen atoms in total. The van der Waals surface area contributed by atoms with Gasteiger partial charge in [-0.1, -0.05) is 89.0 Å². The van der Waals surface area contributed by atoms with Gasteiger partial charge in [-0.3, -0.25) is 0 Å². The van der Waals surface area contributed by atoms with Crippen molar-refractivity contribution in [3.63, 3.8) is 0 Å². The molecule has 0 amide bonds. The molecule has 0 saturated carbocycles. The molecule has 1 aliphatic rings. The Bertz CT molecular complexity index is 190. The molecule has 0 aromatic rings. The molecule has 0 aromatic heterocycles. The van der Waals surface area contributed by atoms with E-state index in [4.69, 9.17) is 9.47 Å². The van der Waals surface area contributed by atoms with Gasteiger partial charge in [0.25, 0.3) is 0 Å². The van der Waals surface area contributed by atoms with Gasteiger partial charge < -0.3 is 9.47 Å². The molecule has 23 heavy (non-hydrogen) atoms. The molecule has 1 fully saturated rings. The average Bonchev–Trinajstić information content (AvgIpc) is 2.22. The van der Waals surface area contributed by atoms with Gasteiger partial charge in [0.05, 0.1) is 0 Å². The van der Waals surface area contributed by atoms with E-state index < -0.39 is 58.3 Å². The van der Waals surface area contributed by atoms with Gasteiger partial charge in [-0.25, -0.2) is 0 Å². The smallest absolute Gasteiger partial charge is 0.609 e. The summed E-state index contributed by atoms with van der Waals surface area (Å²) in [6.07, 6.45) is 5.56. The molecule has 1 aliphatic heterocycles. The van der Waals surface area contributed by atoms with Crippen LogP contribution in [0.4, 0.5) is 0 Å². The van der Waals surface area contributed by atoms with Crippen molar-refractivity contribution in [2.75, 3.05) is 6.61 Å². The average molecular weight is 394 g/mol.